The number of aryl methyl sites for hydroxylation is 2. The quantitative estimate of drug-likeness (QED) is 0.524. The Balaban J connectivity index is 1.28. The van der Waals surface area contributed by atoms with Crippen LogP contribution in [0.15, 0.2) is 54.6 Å². The third-order valence-corrected chi connectivity index (χ3v) is 7.12. The van der Waals surface area contributed by atoms with E-state index in [9.17, 15) is 4.79 Å². The zero-order valence-corrected chi connectivity index (χ0v) is 19.8. The molecule has 0 spiro atoms. The molecule has 2 aromatic carbocycles. The van der Waals surface area contributed by atoms with Gasteiger partial charge in [-0.15, -0.1) is 0 Å². The number of benzene rings is 2. The maximum absolute atomic E-state index is 12.8. The Labute approximate surface area is 192 Å². The van der Waals surface area contributed by atoms with Gasteiger partial charge in [0.15, 0.2) is 0 Å². The van der Waals surface area contributed by atoms with Gasteiger partial charge in [-0.2, -0.15) is 0 Å². The summed E-state index contributed by atoms with van der Waals surface area (Å²) in [4.78, 5) is 15.3. The second kappa shape index (κ2) is 10.4. The number of likely N-dealkylation sites (tertiary alicyclic amines) is 1. The van der Waals surface area contributed by atoms with Crippen molar-refractivity contribution in [2.45, 2.75) is 65.6 Å². The van der Waals surface area contributed by atoms with Crippen LogP contribution in [0.3, 0.4) is 0 Å². The number of aromatic nitrogens is 1. The van der Waals surface area contributed by atoms with E-state index in [4.69, 9.17) is 0 Å². The van der Waals surface area contributed by atoms with E-state index in [0.29, 0.717) is 0 Å². The molecule has 1 fully saturated rings. The molecule has 1 atom stereocenters. The monoisotopic (exact) mass is 431 g/mol. The van der Waals surface area contributed by atoms with Gasteiger partial charge in [0.05, 0.1) is 0 Å². The molecule has 1 N–H and O–H groups in total. The molecule has 1 saturated heterocycles. The highest BCUT2D eigenvalue weighted by Gasteiger charge is 2.26. The van der Waals surface area contributed by atoms with Crippen molar-refractivity contribution in [1.29, 1.82) is 0 Å². The number of carbonyl (C=O) groups excluding carboxylic acids is 1. The zero-order chi connectivity index (χ0) is 22.5. The lowest BCUT2D eigenvalue weighted by Gasteiger charge is -2.32. The van der Waals surface area contributed by atoms with Gasteiger partial charge < -0.3 is 9.88 Å². The second-order valence-corrected chi connectivity index (χ2v) is 9.31. The van der Waals surface area contributed by atoms with Crippen molar-refractivity contribution in [1.82, 2.24) is 14.8 Å². The third kappa shape index (κ3) is 5.07. The van der Waals surface area contributed by atoms with Crippen LogP contribution in [-0.2, 0) is 24.3 Å². The minimum Gasteiger partial charge on any atom is -0.353 e. The maximum Gasteiger partial charge on any atom is 0.223 e. The minimum absolute atomic E-state index is 0.142. The van der Waals surface area contributed by atoms with Crippen molar-refractivity contribution < 1.29 is 4.79 Å². The molecular formula is C28H37N3O. The van der Waals surface area contributed by atoms with Crippen LogP contribution in [-0.4, -0.2) is 34.5 Å². The highest BCUT2D eigenvalue weighted by atomic mass is 16.1. The van der Waals surface area contributed by atoms with E-state index in [0.717, 1.165) is 51.9 Å². The highest BCUT2D eigenvalue weighted by molar-refractivity contribution is 5.85. The molecule has 0 aliphatic carbocycles. The fraction of sp³-hybridized carbons (Fsp3) is 0.464. The predicted octanol–water partition coefficient (Wildman–Crippen LogP) is 5.32. The summed E-state index contributed by atoms with van der Waals surface area (Å²) in [7, 11) is 0. The van der Waals surface area contributed by atoms with Crippen molar-refractivity contribution in [3.63, 3.8) is 0 Å². The van der Waals surface area contributed by atoms with E-state index >= 15 is 0 Å². The molecule has 3 aromatic rings. The van der Waals surface area contributed by atoms with Gasteiger partial charge in [0.25, 0.3) is 0 Å². The van der Waals surface area contributed by atoms with Crippen LogP contribution in [0.4, 0.5) is 0 Å². The van der Waals surface area contributed by atoms with Crippen LogP contribution in [0.2, 0.25) is 0 Å². The van der Waals surface area contributed by atoms with E-state index in [1.165, 1.54) is 27.7 Å². The molecule has 170 valence electrons. The molecule has 4 nitrogen and oxygen atoms in total. The number of para-hydroxylation sites is 1. The largest absolute Gasteiger partial charge is 0.353 e. The Morgan fingerprint density at radius 2 is 1.75 bits per heavy atom. The maximum atomic E-state index is 12.8. The summed E-state index contributed by atoms with van der Waals surface area (Å²) < 4.78 is 2.42. The number of carbonyl (C=O) groups is 1. The van der Waals surface area contributed by atoms with Crippen LogP contribution in [0.1, 0.15) is 49.9 Å². The van der Waals surface area contributed by atoms with Gasteiger partial charge >= 0.3 is 0 Å². The summed E-state index contributed by atoms with van der Waals surface area (Å²) >= 11 is 0. The number of hydrogen-bond donors (Lipinski definition) is 1. The number of hydrogen-bond acceptors (Lipinski definition) is 2. The molecule has 4 heteroatoms. The molecule has 1 aliphatic heterocycles. The molecule has 0 bridgehead atoms. The van der Waals surface area contributed by atoms with E-state index in [-0.39, 0.29) is 17.9 Å². The lowest BCUT2D eigenvalue weighted by molar-refractivity contribution is -0.127. The van der Waals surface area contributed by atoms with Crippen LogP contribution in [0.5, 0.6) is 0 Å². The summed E-state index contributed by atoms with van der Waals surface area (Å²) in [6.07, 6.45) is 3.88. The van der Waals surface area contributed by atoms with Crippen LogP contribution >= 0.6 is 0 Å². The van der Waals surface area contributed by atoms with Crippen molar-refractivity contribution in [2.24, 2.45) is 5.92 Å². The average Bonchev–Trinajstić information content (AvgIpc) is 3.09. The lowest BCUT2D eigenvalue weighted by atomic mass is 9.94. The SMILES string of the molecule is CCn1c(C)c(CN2CCC(C(=O)N[C@@H](C)CCc3ccccc3)CC2)c2ccccc21. The van der Waals surface area contributed by atoms with Gasteiger partial charge in [0, 0.05) is 41.6 Å². The molecule has 4 rings (SSSR count). The van der Waals surface area contributed by atoms with Gasteiger partial charge in [-0.05, 0) is 76.7 Å². The minimum atomic E-state index is 0.142. The molecule has 32 heavy (non-hydrogen) atoms. The third-order valence-electron chi connectivity index (χ3n) is 7.12. The van der Waals surface area contributed by atoms with Crippen LogP contribution in [0, 0.1) is 12.8 Å². The molecule has 2 heterocycles. The average molecular weight is 432 g/mol. The van der Waals surface area contributed by atoms with E-state index in [1.54, 1.807) is 0 Å². The van der Waals surface area contributed by atoms with E-state index in [2.05, 4.69) is 84.1 Å². The van der Waals surface area contributed by atoms with Gasteiger partial charge in [-0.25, -0.2) is 0 Å². The number of amides is 1. The van der Waals surface area contributed by atoms with Crippen LogP contribution < -0.4 is 5.32 Å². The highest BCUT2D eigenvalue weighted by Crippen LogP contribution is 2.28. The van der Waals surface area contributed by atoms with Gasteiger partial charge in [-0.3, -0.25) is 9.69 Å². The number of nitrogens with one attached hydrogen (secondary N) is 1. The lowest BCUT2D eigenvalue weighted by Crippen LogP contribution is -2.43. The second-order valence-electron chi connectivity index (χ2n) is 9.31. The number of rotatable bonds is 8. The zero-order valence-electron chi connectivity index (χ0n) is 19.8. The van der Waals surface area contributed by atoms with Crippen molar-refractivity contribution >= 4 is 16.8 Å². The van der Waals surface area contributed by atoms with Crippen molar-refractivity contribution in [2.75, 3.05) is 13.1 Å². The fourth-order valence-electron chi connectivity index (χ4n) is 5.15. The number of piperidine rings is 1. The van der Waals surface area contributed by atoms with Crippen molar-refractivity contribution in [3.8, 4) is 0 Å². The number of fused-ring (bicyclic) bond motifs is 1. The Hall–Kier alpha value is -2.59. The smallest absolute Gasteiger partial charge is 0.223 e. The van der Waals surface area contributed by atoms with Gasteiger partial charge in [0.1, 0.15) is 0 Å². The number of nitrogens with zero attached hydrogens (tertiary/aromatic N) is 2. The molecule has 0 saturated carbocycles. The first kappa shape index (κ1) is 22.6. The fourth-order valence-corrected chi connectivity index (χ4v) is 5.15. The van der Waals surface area contributed by atoms with E-state index in [1.807, 2.05) is 6.07 Å². The summed E-state index contributed by atoms with van der Waals surface area (Å²) in [5.74, 6) is 0.382. The van der Waals surface area contributed by atoms with Gasteiger partial charge in [0.2, 0.25) is 5.91 Å². The molecule has 0 unspecified atom stereocenters. The Bertz CT molecular complexity index is 1030. The normalized spacial score (nSPS) is 16.3. The topological polar surface area (TPSA) is 37.3 Å². The first-order chi connectivity index (χ1) is 15.6. The Morgan fingerprint density at radius 3 is 2.47 bits per heavy atom. The van der Waals surface area contributed by atoms with Crippen molar-refractivity contribution in [3.05, 3.63) is 71.4 Å². The van der Waals surface area contributed by atoms with Gasteiger partial charge in [-0.1, -0.05) is 48.5 Å². The Morgan fingerprint density at radius 1 is 1.06 bits per heavy atom. The van der Waals surface area contributed by atoms with Crippen LogP contribution in [0.25, 0.3) is 10.9 Å². The molecular weight excluding hydrogens is 394 g/mol. The Kier molecular flexibility index (Phi) is 7.31. The molecule has 0 radical (unpaired) electrons. The molecule has 1 aliphatic rings. The summed E-state index contributed by atoms with van der Waals surface area (Å²) in [6, 6.07) is 19.5. The first-order valence-electron chi connectivity index (χ1n) is 12.2. The van der Waals surface area contributed by atoms with E-state index < -0.39 is 0 Å². The predicted molar refractivity (Wildman–Crippen MR) is 133 cm³/mol. The standard InChI is InChI=1S/C28H37N3O/c1-4-31-22(3)26(25-12-8-9-13-27(25)31)20-30-18-16-24(17-19-30)28(32)29-21(2)14-15-23-10-6-5-7-11-23/h5-13,21,24H,4,14-20H2,1-3H3,(H,29,32)/t21-/m0/s1. The summed E-state index contributed by atoms with van der Waals surface area (Å²) in [5, 5.41) is 4.64. The molecule has 1 aromatic heterocycles. The summed E-state index contributed by atoms with van der Waals surface area (Å²) in [5.41, 5.74) is 5.49. The summed E-state index contributed by atoms with van der Waals surface area (Å²) in [6.45, 7) is 10.5. The first-order valence-corrected chi connectivity index (χ1v) is 12.2. The molecule has 1 amide bonds.